The zero-order valence-electron chi connectivity index (χ0n) is 14.7. The van der Waals surface area contributed by atoms with Crippen LogP contribution < -0.4 is 10.3 Å². The standard InChI is InChI=1S/C18H9Cl3N4O3S2/c19-9-1-2-10(20)14(28-6-8-5-23-18(21)30-8)11(9)12-13(26)15-16(24-7-29-15)25(4-3-22)17(12)27/h1-2,5,7,26H,4,6H2. The van der Waals surface area contributed by atoms with E-state index in [-0.39, 0.29) is 51.5 Å². The highest BCUT2D eigenvalue weighted by Gasteiger charge is 2.26. The van der Waals surface area contributed by atoms with Crippen LogP contribution in [0.2, 0.25) is 14.5 Å². The van der Waals surface area contributed by atoms with Gasteiger partial charge < -0.3 is 9.84 Å². The third-order valence-electron chi connectivity index (χ3n) is 4.14. The van der Waals surface area contributed by atoms with E-state index in [0.717, 1.165) is 16.2 Å². The number of halogens is 3. The number of aromatic hydroxyl groups is 1. The van der Waals surface area contributed by atoms with Crippen molar-refractivity contribution in [2.24, 2.45) is 0 Å². The molecule has 1 aromatic carbocycles. The number of thiazole rings is 2. The number of ether oxygens (including phenoxy) is 1. The fraction of sp³-hybridized carbons (Fsp3) is 0.111. The average Bonchev–Trinajstić information content (AvgIpc) is 3.36. The molecule has 30 heavy (non-hydrogen) atoms. The Kier molecular flexibility index (Phi) is 5.86. The Balaban J connectivity index is 1.94. The summed E-state index contributed by atoms with van der Waals surface area (Å²) >= 11 is 21.0. The summed E-state index contributed by atoms with van der Waals surface area (Å²) in [5, 5.41) is 20.4. The number of aromatic nitrogens is 3. The van der Waals surface area contributed by atoms with Gasteiger partial charge in [0.25, 0.3) is 5.56 Å². The van der Waals surface area contributed by atoms with E-state index < -0.39 is 5.56 Å². The predicted molar refractivity (Wildman–Crippen MR) is 118 cm³/mol. The van der Waals surface area contributed by atoms with Gasteiger partial charge in [-0.05, 0) is 12.1 Å². The molecule has 0 aliphatic rings. The molecule has 0 amide bonds. The van der Waals surface area contributed by atoms with Crippen molar-refractivity contribution in [3.05, 3.63) is 53.6 Å². The van der Waals surface area contributed by atoms with E-state index in [9.17, 15) is 9.90 Å². The minimum atomic E-state index is -0.637. The fourth-order valence-corrected chi connectivity index (χ4v) is 4.97. The van der Waals surface area contributed by atoms with Crippen LogP contribution in [0.5, 0.6) is 11.5 Å². The molecule has 0 radical (unpaired) electrons. The number of rotatable bonds is 5. The molecular formula is C18H9Cl3N4O3S2. The van der Waals surface area contributed by atoms with Crippen molar-refractivity contribution >= 4 is 67.8 Å². The minimum absolute atomic E-state index is 0.0768. The van der Waals surface area contributed by atoms with Gasteiger partial charge in [-0.1, -0.05) is 34.8 Å². The van der Waals surface area contributed by atoms with Gasteiger partial charge >= 0.3 is 0 Å². The van der Waals surface area contributed by atoms with Crippen LogP contribution in [0.1, 0.15) is 4.88 Å². The Bertz CT molecular complexity index is 1370. The van der Waals surface area contributed by atoms with Gasteiger partial charge in [0.05, 0.1) is 37.6 Å². The quantitative estimate of drug-likeness (QED) is 0.397. The van der Waals surface area contributed by atoms with Gasteiger partial charge in [-0.3, -0.25) is 9.36 Å². The van der Waals surface area contributed by atoms with E-state index in [2.05, 4.69) is 9.97 Å². The number of fused-ring (bicyclic) bond motifs is 1. The zero-order chi connectivity index (χ0) is 21.4. The van der Waals surface area contributed by atoms with Crippen molar-refractivity contribution in [2.45, 2.75) is 13.2 Å². The number of nitrogens with zero attached hydrogens (tertiary/aromatic N) is 4. The molecule has 0 saturated carbocycles. The topological polar surface area (TPSA) is 101 Å². The first-order valence-corrected chi connectivity index (χ1v) is 11.0. The molecule has 0 bridgehead atoms. The first kappa shape index (κ1) is 20.9. The van der Waals surface area contributed by atoms with Crippen LogP contribution in [-0.2, 0) is 13.2 Å². The van der Waals surface area contributed by atoms with Crippen molar-refractivity contribution in [3.8, 4) is 28.7 Å². The molecule has 152 valence electrons. The number of hydrogen-bond donors (Lipinski definition) is 1. The van der Waals surface area contributed by atoms with E-state index in [4.69, 9.17) is 44.8 Å². The lowest BCUT2D eigenvalue weighted by atomic mass is 10.0. The minimum Gasteiger partial charge on any atom is -0.505 e. The molecular weight excluding hydrogens is 491 g/mol. The van der Waals surface area contributed by atoms with Crippen molar-refractivity contribution in [1.82, 2.24) is 14.5 Å². The van der Waals surface area contributed by atoms with E-state index >= 15 is 0 Å². The van der Waals surface area contributed by atoms with Crippen LogP contribution in [0.15, 0.2) is 28.6 Å². The molecule has 1 N–H and O–H groups in total. The highest BCUT2D eigenvalue weighted by Crippen LogP contribution is 2.45. The van der Waals surface area contributed by atoms with Gasteiger partial charge in [0, 0.05) is 6.20 Å². The first-order chi connectivity index (χ1) is 14.4. The van der Waals surface area contributed by atoms with Crippen molar-refractivity contribution in [2.75, 3.05) is 0 Å². The highest BCUT2D eigenvalue weighted by molar-refractivity contribution is 7.17. The number of pyridine rings is 1. The van der Waals surface area contributed by atoms with Crippen LogP contribution in [0.25, 0.3) is 21.5 Å². The highest BCUT2D eigenvalue weighted by atomic mass is 35.5. The average molecular weight is 500 g/mol. The Morgan fingerprint density at radius 3 is 2.67 bits per heavy atom. The van der Waals surface area contributed by atoms with E-state index in [0.29, 0.717) is 9.17 Å². The summed E-state index contributed by atoms with van der Waals surface area (Å²) in [7, 11) is 0. The van der Waals surface area contributed by atoms with Crippen molar-refractivity contribution in [3.63, 3.8) is 0 Å². The lowest BCUT2D eigenvalue weighted by Crippen LogP contribution is -2.22. The second-order valence-electron chi connectivity index (χ2n) is 5.88. The smallest absolute Gasteiger partial charge is 0.265 e. The summed E-state index contributed by atoms with van der Waals surface area (Å²) in [6.07, 6.45) is 1.56. The van der Waals surface area contributed by atoms with E-state index in [1.807, 2.05) is 6.07 Å². The molecule has 4 aromatic rings. The third kappa shape index (κ3) is 3.62. The normalized spacial score (nSPS) is 11.0. The van der Waals surface area contributed by atoms with Crippen molar-refractivity contribution < 1.29 is 9.84 Å². The first-order valence-electron chi connectivity index (χ1n) is 8.19. The monoisotopic (exact) mass is 498 g/mol. The van der Waals surface area contributed by atoms with Crippen LogP contribution >= 0.6 is 57.5 Å². The lowest BCUT2D eigenvalue weighted by molar-refractivity contribution is 0.311. The molecule has 12 heteroatoms. The molecule has 4 rings (SSSR count). The Labute approximate surface area is 192 Å². The van der Waals surface area contributed by atoms with Gasteiger partial charge in [-0.25, -0.2) is 9.97 Å². The molecule has 0 aliphatic carbocycles. The molecule has 7 nitrogen and oxygen atoms in total. The van der Waals surface area contributed by atoms with Gasteiger partial charge in [0.2, 0.25) is 0 Å². The number of nitriles is 1. The largest absolute Gasteiger partial charge is 0.505 e. The molecule has 0 fully saturated rings. The molecule has 0 saturated heterocycles. The summed E-state index contributed by atoms with van der Waals surface area (Å²) in [5.41, 5.74) is 1.07. The lowest BCUT2D eigenvalue weighted by Gasteiger charge is -2.16. The summed E-state index contributed by atoms with van der Waals surface area (Å²) in [6.45, 7) is -0.173. The molecule has 0 unspecified atom stereocenters. The van der Waals surface area contributed by atoms with Gasteiger partial charge in [0.15, 0.2) is 10.1 Å². The fourth-order valence-electron chi connectivity index (χ4n) is 2.88. The third-order valence-corrected chi connectivity index (χ3v) is 6.66. The van der Waals surface area contributed by atoms with Crippen LogP contribution in [0.3, 0.4) is 0 Å². The maximum atomic E-state index is 13.2. The summed E-state index contributed by atoms with van der Waals surface area (Å²) < 4.78 is 7.74. The van der Waals surface area contributed by atoms with E-state index in [1.165, 1.54) is 33.5 Å². The molecule has 0 aliphatic heterocycles. The predicted octanol–water partition coefficient (Wildman–Crippen LogP) is 5.35. The summed E-state index contributed by atoms with van der Waals surface area (Å²) in [5.74, 6) is -0.185. The maximum Gasteiger partial charge on any atom is 0.265 e. The van der Waals surface area contributed by atoms with Crippen LogP contribution in [0, 0.1) is 11.3 Å². The van der Waals surface area contributed by atoms with E-state index in [1.54, 1.807) is 6.20 Å². The summed E-state index contributed by atoms with van der Waals surface area (Å²) in [4.78, 5) is 22.0. The zero-order valence-corrected chi connectivity index (χ0v) is 18.6. The van der Waals surface area contributed by atoms with Gasteiger partial charge in [0.1, 0.15) is 29.4 Å². The SMILES string of the molecule is N#CCn1c(=O)c(-c2c(Cl)ccc(Cl)c2OCc2cnc(Cl)s2)c(O)c2scnc21. The van der Waals surface area contributed by atoms with Crippen LogP contribution in [-0.4, -0.2) is 19.6 Å². The second kappa shape index (κ2) is 8.41. The Hall–Kier alpha value is -2.35. The second-order valence-corrected chi connectivity index (χ2v) is 9.25. The molecule has 3 aromatic heterocycles. The Morgan fingerprint density at radius 2 is 1.97 bits per heavy atom. The molecule has 3 heterocycles. The van der Waals surface area contributed by atoms with Gasteiger partial charge in [-0.2, -0.15) is 5.26 Å². The summed E-state index contributed by atoms with van der Waals surface area (Å²) in [6, 6.07) is 4.96. The maximum absolute atomic E-state index is 13.2. The molecule has 0 spiro atoms. The number of benzene rings is 1. The Morgan fingerprint density at radius 1 is 1.20 bits per heavy atom. The van der Waals surface area contributed by atoms with Crippen molar-refractivity contribution in [1.29, 1.82) is 5.26 Å². The molecule has 0 atom stereocenters. The van der Waals surface area contributed by atoms with Gasteiger partial charge in [-0.15, -0.1) is 22.7 Å². The van der Waals surface area contributed by atoms with Crippen LogP contribution in [0.4, 0.5) is 0 Å². The number of hydrogen-bond acceptors (Lipinski definition) is 8.